The van der Waals surface area contributed by atoms with Crippen molar-refractivity contribution in [2.45, 2.75) is 13.8 Å². The van der Waals surface area contributed by atoms with Gasteiger partial charge in [-0.2, -0.15) is 14.9 Å². The molecule has 88 valence electrons. The number of nitrogens with one attached hydrogen (secondary N) is 1. The van der Waals surface area contributed by atoms with Crippen LogP contribution in [0.3, 0.4) is 0 Å². The number of aromatic nitrogens is 3. The summed E-state index contributed by atoms with van der Waals surface area (Å²) in [5.41, 5.74) is -0.0559. The number of aromatic amines is 1. The molecule has 2 aromatic rings. The van der Waals surface area contributed by atoms with Crippen LogP contribution in [0.1, 0.15) is 17.2 Å². The van der Waals surface area contributed by atoms with Crippen LogP contribution in [-0.2, 0) is 0 Å². The van der Waals surface area contributed by atoms with E-state index in [4.69, 9.17) is 16.6 Å². The zero-order valence-electron chi connectivity index (χ0n) is 9.30. The lowest BCUT2D eigenvalue weighted by Crippen LogP contribution is -2.22. The van der Waals surface area contributed by atoms with Crippen molar-refractivity contribution in [1.29, 1.82) is 0 Å². The van der Waals surface area contributed by atoms with Crippen molar-refractivity contribution < 1.29 is 4.42 Å². The monoisotopic (exact) mass is 250 g/mol. The van der Waals surface area contributed by atoms with Crippen molar-refractivity contribution in [2.24, 2.45) is 5.10 Å². The smallest absolute Gasteiger partial charge is 0.296 e. The molecule has 0 amide bonds. The van der Waals surface area contributed by atoms with Crippen LogP contribution < -0.4 is 5.56 Å². The van der Waals surface area contributed by atoms with Gasteiger partial charge in [-0.05, 0) is 38.2 Å². The third-order valence-electron chi connectivity index (χ3n) is 2.08. The van der Waals surface area contributed by atoms with Crippen molar-refractivity contribution in [3.05, 3.63) is 44.5 Å². The Hall–Kier alpha value is -2.02. The minimum Gasteiger partial charge on any atom is -0.460 e. The molecule has 2 rings (SSSR count). The molecule has 0 bridgehead atoms. The Morgan fingerprint density at radius 2 is 2.29 bits per heavy atom. The highest BCUT2D eigenvalue weighted by atomic mass is 32.1. The summed E-state index contributed by atoms with van der Waals surface area (Å²) in [5, 5.41) is 10.2. The summed E-state index contributed by atoms with van der Waals surface area (Å²) < 4.78 is 6.49. The highest BCUT2D eigenvalue weighted by Gasteiger charge is 2.01. The van der Waals surface area contributed by atoms with Gasteiger partial charge in [0.1, 0.15) is 17.2 Å². The zero-order chi connectivity index (χ0) is 12.4. The second-order valence-corrected chi connectivity index (χ2v) is 3.81. The van der Waals surface area contributed by atoms with Crippen molar-refractivity contribution in [3.8, 4) is 0 Å². The van der Waals surface area contributed by atoms with E-state index in [1.54, 1.807) is 13.0 Å². The average molecular weight is 250 g/mol. The average Bonchev–Trinajstić information content (AvgIpc) is 2.70. The van der Waals surface area contributed by atoms with Crippen molar-refractivity contribution in [1.82, 2.24) is 14.9 Å². The van der Waals surface area contributed by atoms with E-state index in [1.807, 2.05) is 13.0 Å². The Kier molecular flexibility index (Phi) is 3.01. The maximum Gasteiger partial charge on any atom is 0.296 e. The molecule has 0 aliphatic carbocycles. The fourth-order valence-electron chi connectivity index (χ4n) is 1.21. The number of aryl methyl sites for hydroxylation is 2. The standard InChI is InChI=1S/C10H10N4O2S/c1-6-3-4-8(16-6)5-11-14-9(15)7(2)12-13-10(14)17/h3-5H,1-2H3,(H,13,17)/b11-5+. The third kappa shape index (κ3) is 2.39. The molecule has 0 saturated heterocycles. The van der Waals surface area contributed by atoms with E-state index in [-0.39, 0.29) is 10.3 Å². The van der Waals surface area contributed by atoms with Gasteiger partial charge in [0, 0.05) is 0 Å². The van der Waals surface area contributed by atoms with E-state index in [9.17, 15) is 4.79 Å². The van der Waals surface area contributed by atoms with Gasteiger partial charge in [0.25, 0.3) is 5.56 Å². The maximum absolute atomic E-state index is 11.7. The summed E-state index contributed by atoms with van der Waals surface area (Å²) in [5.74, 6) is 1.33. The Balaban J connectivity index is 2.43. The molecule has 6 nitrogen and oxygen atoms in total. The number of hydrogen-bond acceptors (Lipinski definition) is 5. The first-order chi connectivity index (χ1) is 8.08. The number of hydrogen-bond donors (Lipinski definition) is 1. The van der Waals surface area contributed by atoms with E-state index in [0.29, 0.717) is 11.5 Å². The van der Waals surface area contributed by atoms with Crippen LogP contribution in [0.4, 0.5) is 0 Å². The molecule has 2 aromatic heterocycles. The van der Waals surface area contributed by atoms with Gasteiger partial charge in [-0.15, -0.1) is 0 Å². The predicted octanol–water partition coefficient (Wildman–Crippen LogP) is 1.39. The molecule has 17 heavy (non-hydrogen) atoms. The minimum absolute atomic E-state index is 0.139. The Bertz CT molecular complexity index is 680. The van der Waals surface area contributed by atoms with Gasteiger partial charge in [0.05, 0.1) is 6.21 Å². The molecule has 0 radical (unpaired) electrons. The molecule has 0 aliphatic heterocycles. The van der Waals surface area contributed by atoms with Crippen molar-refractivity contribution >= 4 is 18.4 Å². The largest absolute Gasteiger partial charge is 0.460 e. The van der Waals surface area contributed by atoms with Gasteiger partial charge in [0.15, 0.2) is 0 Å². The van der Waals surface area contributed by atoms with Gasteiger partial charge < -0.3 is 4.42 Å². The van der Waals surface area contributed by atoms with Gasteiger partial charge in [-0.3, -0.25) is 9.89 Å². The molecule has 0 saturated carbocycles. The van der Waals surface area contributed by atoms with Crippen LogP contribution in [0.5, 0.6) is 0 Å². The highest BCUT2D eigenvalue weighted by Crippen LogP contribution is 2.03. The molecule has 0 fully saturated rings. The summed E-state index contributed by atoms with van der Waals surface area (Å²) >= 11 is 4.92. The molecule has 0 atom stereocenters. The van der Waals surface area contributed by atoms with Crippen LogP contribution in [-0.4, -0.2) is 21.1 Å². The van der Waals surface area contributed by atoms with Gasteiger partial charge in [0.2, 0.25) is 4.77 Å². The van der Waals surface area contributed by atoms with Gasteiger partial charge in [-0.25, -0.2) is 0 Å². The quantitative estimate of drug-likeness (QED) is 0.645. The van der Waals surface area contributed by atoms with Gasteiger partial charge in [-0.1, -0.05) is 0 Å². The van der Waals surface area contributed by atoms with Crippen molar-refractivity contribution in [2.75, 3.05) is 0 Å². The summed E-state index contributed by atoms with van der Waals surface area (Å²) in [7, 11) is 0. The normalized spacial score (nSPS) is 11.2. The molecule has 0 aliphatic rings. The second kappa shape index (κ2) is 4.46. The molecule has 0 unspecified atom stereocenters. The number of rotatable bonds is 2. The summed E-state index contributed by atoms with van der Waals surface area (Å²) in [6.45, 7) is 3.41. The molecule has 7 heteroatoms. The zero-order valence-corrected chi connectivity index (χ0v) is 10.1. The molecule has 0 aromatic carbocycles. The first kappa shape index (κ1) is 11.5. The lowest BCUT2D eigenvalue weighted by Gasteiger charge is -1.97. The number of H-pyrrole nitrogens is 1. The lowest BCUT2D eigenvalue weighted by molar-refractivity contribution is 0.527. The molecule has 2 heterocycles. The Morgan fingerprint density at radius 1 is 1.53 bits per heavy atom. The maximum atomic E-state index is 11.7. The van der Waals surface area contributed by atoms with E-state index in [1.165, 1.54) is 6.21 Å². The number of furan rings is 1. The van der Waals surface area contributed by atoms with Crippen LogP contribution >= 0.6 is 12.2 Å². The summed E-state index contributed by atoms with van der Waals surface area (Å²) in [4.78, 5) is 11.7. The van der Waals surface area contributed by atoms with E-state index < -0.39 is 0 Å². The van der Waals surface area contributed by atoms with Crippen LogP contribution in [0.25, 0.3) is 0 Å². The first-order valence-electron chi connectivity index (χ1n) is 4.87. The second-order valence-electron chi connectivity index (χ2n) is 3.42. The summed E-state index contributed by atoms with van der Waals surface area (Å²) in [6.07, 6.45) is 1.43. The fraction of sp³-hybridized carbons (Fsp3) is 0.200. The molecule has 1 N–H and O–H groups in total. The van der Waals surface area contributed by atoms with E-state index in [2.05, 4.69) is 15.3 Å². The van der Waals surface area contributed by atoms with E-state index in [0.717, 1.165) is 10.4 Å². The van der Waals surface area contributed by atoms with Crippen LogP contribution in [0.2, 0.25) is 0 Å². The van der Waals surface area contributed by atoms with Crippen LogP contribution in [0.15, 0.2) is 26.4 Å². The first-order valence-corrected chi connectivity index (χ1v) is 5.28. The third-order valence-corrected chi connectivity index (χ3v) is 2.34. The highest BCUT2D eigenvalue weighted by molar-refractivity contribution is 7.71. The topological polar surface area (TPSA) is 76.2 Å². The van der Waals surface area contributed by atoms with Crippen LogP contribution in [0, 0.1) is 18.6 Å². The lowest BCUT2D eigenvalue weighted by atomic mass is 10.4. The summed E-state index contributed by atoms with van der Waals surface area (Å²) in [6, 6.07) is 3.56. The molecule has 0 spiro atoms. The molecular formula is C10H10N4O2S. The molecular weight excluding hydrogens is 240 g/mol. The SMILES string of the molecule is Cc1ccc(/C=N/n2c(=S)[nH]nc(C)c2=O)o1. The Labute approximate surface area is 102 Å². The Morgan fingerprint density at radius 3 is 2.94 bits per heavy atom. The van der Waals surface area contributed by atoms with Gasteiger partial charge >= 0.3 is 0 Å². The predicted molar refractivity (Wildman–Crippen MR) is 64.9 cm³/mol. The fourth-order valence-corrected chi connectivity index (χ4v) is 1.39. The van der Waals surface area contributed by atoms with E-state index >= 15 is 0 Å². The minimum atomic E-state index is -0.353. The van der Waals surface area contributed by atoms with Crippen molar-refractivity contribution in [3.63, 3.8) is 0 Å². The number of nitrogens with zero attached hydrogens (tertiary/aromatic N) is 3.